The Bertz CT molecular complexity index is 550. The molecule has 1 aromatic rings. The number of anilines is 2. The molecule has 2 fully saturated rings. The fraction of sp³-hybridized carbons (Fsp3) is 0.800. The molecule has 0 aromatic carbocycles. The van der Waals surface area contributed by atoms with Gasteiger partial charge in [0, 0.05) is 26.8 Å². The molecular weight excluding hydrogens is 334 g/mol. The monoisotopic (exact) mass is 357 g/mol. The Kier molecular flexibility index (Phi) is 6.04. The summed E-state index contributed by atoms with van der Waals surface area (Å²) in [6, 6.07) is 0.381. The number of nitrogens with zero attached hydrogens (tertiary/aromatic N) is 5. The molecule has 2 atom stereocenters. The molecule has 2 aliphatic rings. The first-order valence-electron chi connectivity index (χ1n) is 8.28. The summed E-state index contributed by atoms with van der Waals surface area (Å²) >= 11 is 6.19. The number of hydrogen-bond acceptors (Lipinski definition) is 8. The van der Waals surface area contributed by atoms with E-state index >= 15 is 0 Å². The van der Waals surface area contributed by atoms with Crippen LogP contribution in [0.1, 0.15) is 13.3 Å². The third kappa shape index (κ3) is 4.05. The zero-order valence-corrected chi connectivity index (χ0v) is 14.9. The van der Waals surface area contributed by atoms with Crippen molar-refractivity contribution in [3.8, 4) is 0 Å². The average molecular weight is 358 g/mol. The predicted molar refractivity (Wildman–Crippen MR) is 90.9 cm³/mol. The van der Waals surface area contributed by atoms with E-state index in [1.807, 2.05) is 0 Å². The van der Waals surface area contributed by atoms with E-state index < -0.39 is 0 Å². The lowest BCUT2D eigenvalue weighted by atomic mass is 10.2. The molecule has 0 unspecified atom stereocenters. The van der Waals surface area contributed by atoms with Crippen molar-refractivity contribution in [1.29, 1.82) is 0 Å². The number of morpholine rings is 2. The molecule has 2 aliphatic heterocycles. The summed E-state index contributed by atoms with van der Waals surface area (Å²) in [6.45, 7) is 6.84. The van der Waals surface area contributed by atoms with Crippen LogP contribution in [-0.4, -0.2) is 80.3 Å². The van der Waals surface area contributed by atoms with Crippen LogP contribution >= 0.6 is 11.6 Å². The van der Waals surface area contributed by atoms with Gasteiger partial charge in [-0.1, -0.05) is 0 Å². The zero-order chi connectivity index (χ0) is 16.9. The lowest BCUT2D eigenvalue weighted by Gasteiger charge is -2.37. The third-order valence-electron chi connectivity index (χ3n) is 4.35. The van der Waals surface area contributed by atoms with Gasteiger partial charge in [-0.2, -0.15) is 15.0 Å². The highest BCUT2D eigenvalue weighted by Crippen LogP contribution is 2.23. The van der Waals surface area contributed by atoms with Crippen molar-refractivity contribution in [2.45, 2.75) is 25.4 Å². The maximum atomic E-state index is 6.19. The summed E-state index contributed by atoms with van der Waals surface area (Å²) in [7, 11) is 1.70. The number of aromatic nitrogens is 3. The molecule has 1 aromatic heterocycles. The van der Waals surface area contributed by atoms with E-state index in [0.717, 1.165) is 19.5 Å². The molecule has 0 spiro atoms. The van der Waals surface area contributed by atoms with E-state index in [0.29, 0.717) is 44.9 Å². The quantitative estimate of drug-likeness (QED) is 0.772. The number of hydrogen-bond donors (Lipinski definition) is 0. The van der Waals surface area contributed by atoms with Gasteiger partial charge in [0.05, 0.1) is 38.5 Å². The van der Waals surface area contributed by atoms with Crippen molar-refractivity contribution in [1.82, 2.24) is 15.0 Å². The van der Waals surface area contributed by atoms with E-state index in [1.54, 1.807) is 7.11 Å². The average Bonchev–Trinajstić information content (AvgIpc) is 2.60. The minimum Gasteiger partial charge on any atom is -0.385 e. The molecule has 2 saturated heterocycles. The van der Waals surface area contributed by atoms with Gasteiger partial charge < -0.3 is 24.0 Å². The minimum atomic E-state index is 0.173. The first kappa shape index (κ1) is 17.6. The van der Waals surface area contributed by atoms with Crippen molar-refractivity contribution < 1.29 is 14.2 Å². The van der Waals surface area contributed by atoms with E-state index in [2.05, 4.69) is 31.7 Å². The van der Waals surface area contributed by atoms with Crippen LogP contribution in [-0.2, 0) is 14.2 Å². The Labute approximate surface area is 147 Å². The SMILES string of the molecule is COCC[C@@H]1COCCN1c1nc(Cl)nc(N2CCOC[C@H]2C)n1. The standard InChI is InChI=1S/C15H24ClN5O3/c1-11-9-23-7-4-20(11)14-17-13(16)18-15(19-14)21-5-8-24-10-12(21)3-6-22-2/h11-12H,3-10H2,1-2H3/t11-,12-/m1/s1. The summed E-state index contributed by atoms with van der Waals surface area (Å²) < 4.78 is 16.3. The van der Waals surface area contributed by atoms with Crippen molar-refractivity contribution in [2.75, 3.05) is 63.0 Å². The highest BCUT2D eigenvalue weighted by molar-refractivity contribution is 6.28. The fourth-order valence-corrected chi connectivity index (χ4v) is 3.17. The van der Waals surface area contributed by atoms with Crippen molar-refractivity contribution in [3.05, 3.63) is 5.28 Å². The first-order valence-corrected chi connectivity index (χ1v) is 8.66. The van der Waals surface area contributed by atoms with Crippen LogP contribution in [0.4, 0.5) is 11.9 Å². The Hall–Kier alpha value is -1.22. The highest BCUT2D eigenvalue weighted by Gasteiger charge is 2.28. The zero-order valence-electron chi connectivity index (χ0n) is 14.2. The van der Waals surface area contributed by atoms with Crippen LogP contribution in [0.25, 0.3) is 0 Å². The smallest absolute Gasteiger partial charge is 0.231 e. The Balaban J connectivity index is 1.83. The molecule has 0 bridgehead atoms. The molecule has 3 rings (SSSR count). The maximum Gasteiger partial charge on any atom is 0.231 e. The van der Waals surface area contributed by atoms with Crippen LogP contribution < -0.4 is 9.80 Å². The highest BCUT2D eigenvalue weighted by atomic mass is 35.5. The molecule has 24 heavy (non-hydrogen) atoms. The van der Waals surface area contributed by atoms with Gasteiger partial charge in [0.2, 0.25) is 17.2 Å². The summed E-state index contributed by atoms with van der Waals surface area (Å²) in [5.41, 5.74) is 0. The van der Waals surface area contributed by atoms with Crippen molar-refractivity contribution in [3.63, 3.8) is 0 Å². The summed E-state index contributed by atoms with van der Waals surface area (Å²) in [5, 5.41) is 0.214. The van der Waals surface area contributed by atoms with Crippen molar-refractivity contribution in [2.24, 2.45) is 0 Å². The second kappa shape index (κ2) is 8.24. The molecule has 0 aliphatic carbocycles. The molecule has 0 amide bonds. The Morgan fingerprint density at radius 1 is 1.08 bits per heavy atom. The van der Waals surface area contributed by atoms with Crippen LogP contribution in [0, 0.1) is 0 Å². The number of rotatable bonds is 5. The third-order valence-corrected chi connectivity index (χ3v) is 4.52. The molecule has 0 radical (unpaired) electrons. The van der Waals surface area contributed by atoms with Gasteiger partial charge in [0.25, 0.3) is 0 Å². The van der Waals surface area contributed by atoms with Gasteiger partial charge in [-0.15, -0.1) is 0 Å². The normalized spacial score (nSPS) is 25.1. The predicted octanol–water partition coefficient (Wildman–Crippen LogP) is 0.992. The molecular formula is C15H24ClN5O3. The second-order valence-electron chi connectivity index (χ2n) is 6.03. The van der Waals surface area contributed by atoms with Gasteiger partial charge in [-0.05, 0) is 24.9 Å². The molecule has 8 nitrogen and oxygen atoms in total. The summed E-state index contributed by atoms with van der Waals surface area (Å²) in [6.07, 6.45) is 0.850. The van der Waals surface area contributed by atoms with Crippen LogP contribution in [0.2, 0.25) is 5.28 Å². The lowest BCUT2D eigenvalue weighted by Crippen LogP contribution is -2.48. The van der Waals surface area contributed by atoms with Gasteiger partial charge in [-0.3, -0.25) is 0 Å². The van der Waals surface area contributed by atoms with Gasteiger partial charge >= 0.3 is 0 Å². The largest absolute Gasteiger partial charge is 0.385 e. The fourth-order valence-electron chi connectivity index (χ4n) is 3.02. The van der Waals surface area contributed by atoms with E-state index in [1.165, 1.54) is 0 Å². The maximum absolute atomic E-state index is 6.19. The summed E-state index contributed by atoms with van der Waals surface area (Å²) in [4.78, 5) is 17.6. The van der Waals surface area contributed by atoms with Gasteiger partial charge in [0.1, 0.15) is 0 Å². The Morgan fingerprint density at radius 3 is 2.46 bits per heavy atom. The topological polar surface area (TPSA) is 72.8 Å². The lowest BCUT2D eigenvalue weighted by molar-refractivity contribution is 0.0789. The van der Waals surface area contributed by atoms with Crippen LogP contribution in [0.3, 0.4) is 0 Å². The second-order valence-corrected chi connectivity index (χ2v) is 6.36. The molecule has 9 heteroatoms. The van der Waals surface area contributed by atoms with E-state index in [-0.39, 0.29) is 17.4 Å². The first-order chi connectivity index (χ1) is 11.7. The minimum absolute atomic E-state index is 0.173. The molecule has 3 heterocycles. The number of halogens is 1. The number of ether oxygens (including phenoxy) is 3. The molecule has 0 saturated carbocycles. The Morgan fingerprint density at radius 2 is 1.75 bits per heavy atom. The summed E-state index contributed by atoms with van der Waals surface area (Å²) in [5.74, 6) is 1.21. The van der Waals surface area contributed by atoms with Gasteiger partial charge in [0.15, 0.2) is 0 Å². The van der Waals surface area contributed by atoms with Crippen LogP contribution in [0.5, 0.6) is 0 Å². The van der Waals surface area contributed by atoms with E-state index in [9.17, 15) is 0 Å². The van der Waals surface area contributed by atoms with E-state index in [4.69, 9.17) is 25.8 Å². The molecule has 0 N–H and O–H groups in total. The number of methoxy groups -OCH3 is 1. The van der Waals surface area contributed by atoms with Crippen molar-refractivity contribution >= 4 is 23.5 Å². The van der Waals surface area contributed by atoms with Gasteiger partial charge in [-0.25, -0.2) is 0 Å². The van der Waals surface area contributed by atoms with Crippen LogP contribution in [0.15, 0.2) is 0 Å². The molecule has 134 valence electrons.